The van der Waals surface area contributed by atoms with Crippen molar-refractivity contribution in [3.8, 4) is 5.75 Å². The number of anilines is 1. The molecule has 2 aromatic rings. The molecule has 1 aliphatic heterocycles. The number of aliphatic hydroxyl groups is 1. The topological polar surface area (TPSA) is 62.6 Å². The summed E-state index contributed by atoms with van der Waals surface area (Å²) in [6, 6.07) is 10.4. The van der Waals surface area contributed by atoms with E-state index >= 15 is 0 Å². The number of hydrogen-bond donors (Lipinski definition) is 2. The van der Waals surface area contributed by atoms with Crippen molar-refractivity contribution < 1.29 is 9.84 Å². The van der Waals surface area contributed by atoms with Crippen molar-refractivity contribution in [2.24, 2.45) is 0 Å². The summed E-state index contributed by atoms with van der Waals surface area (Å²) in [7, 11) is 1.69. The number of β-amino-alcohol motifs (C(OH)–C–C–N with tert-alkyl or cyclic N) is 1. The van der Waals surface area contributed by atoms with E-state index in [-0.39, 0.29) is 6.10 Å². The molecule has 1 unspecified atom stereocenters. The van der Waals surface area contributed by atoms with Gasteiger partial charge < -0.3 is 20.1 Å². The number of aliphatic hydroxyl groups excluding tert-OH is 1. The maximum Gasteiger partial charge on any atom is 0.120 e. The van der Waals surface area contributed by atoms with Gasteiger partial charge in [-0.05, 0) is 31.0 Å². The van der Waals surface area contributed by atoms with Gasteiger partial charge in [-0.1, -0.05) is 6.07 Å². The molecule has 24 heavy (non-hydrogen) atoms. The normalized spacial score (nSPS) is 17.6. The van der Waals surface area contributed by atoms with E-state index in [2.05, 4.69) is 21.4 Å². The Bertz CT molecular complexity index is 609. The van der Waals surface area contributed by atoms with Crippen LogP contribution in [0.5, 0.6) is 5.75 Å². The number of ether oxygens (including phenoxy) is 1. The molecule has 0 aliphatic carbocycles. The van der Waals surface area contributed by atoms with Crippen LogP contribution in [-0.2, 0) is 6.54 Å². The predicted octanol–water partition coefficient (Wildman–Crippen LogP) is 1.83. The highest BCUT2D eigenvalue weighted by atomic mass is 16.5. The van der Waals surface area contributed by atoms with E-state index < -0.39 is 0 Å². The minimum atomic E-state index is -0.382. The molecule has 0 radical (unpaired) electrons. The summed E-state index contributed by atoms with van der Waals surface area (Å²) in [5, 5.41) is 17.9. The fourth-order valence-corrected chi connectivity index (χ4v) is 3.19. The predicted molar refractivity (Wildman–Crippen MR) is 94.3 cm³/mol. The largest absolute Gasteiger partial charge is 0.497 e. The average molecular weight is 330 g/mol. The lowest BCUT2D eigenvalue weighted by atomic mass is 10.0. The van der Waals surface area contributed by atoms with Crippen LogP contribution in [-0.4, -0.2) is 58.7 Å². The van der Waals surface area contributed by atoms with E-state index in [1.54, 1.807) is 18.0 Å². The Kier molecular flexibility index (Phi) is 5.72. The first kappa shape index (κ1) is 16.8. The lowest BCUT2D eigenvalue weighted by Crippen LogP contribution is -2.43. The second kappa shape index (κ2) is 8.17. The second-order valence-electron chi connectivity index (χ2n) is 6.33. The molecule has 1 aromatic carbocycles. The Balaban J connectivity index is 1.42. The molecule has 6 nitrogen and oxygen atoms in total. The number of piperidine rings is 1. The van der Waals surface area contributed by atoms with Crippen LogP contribution >= 0.6 is 0 Å². The van der Waals surface area contributed by atoms with Crippen molar-refractivity contribution in [3.63, 3.8) is 0 Å². The van der Waals surface area contributed by atoms with Crippen LogP contribution in [0.3, 0.4) is 0 Å². The number of rotatable bonds is 7. The Morgan fingerprint density at radius 1 is 1.29 bits per heavy atom. The van der Waals surface area contributed by atoms with Gasteiger partial charge in [0.25, 0.3) is 0 Å². The van der Waals surface area contributed by atoms with Crippen molar-refractivity contribution >= 4 is 5.69 Å². The molecular formula is C18H26N4O2. The van der Waals surface area contributed by atoms with Crippen molar-refractivity contribution in [1.29, 1.82) is 0 Å². The highest BCUT2D eigenvalue weighted by Gasteiger charge is 2.21. The van der Waals surface area contributed by atoms with Crippen molar-refractivity contribution in [2.45, 2.75) is 31.5 Å². The molecule has 2 N–H and O–H groups in total. The maximum absolute atomic E-state index is 10.2. The van der Waals surface area contributed by atoms with Gasteiger partial charge in [-0.3, -0.25) is 4.68 Å². The summed E-state index contributed by atoms with van der Waals surface area (Å²) in [5.41, 5.74) is 1.10. The Labute approximate surface area is 143 Å². The Hall–Kier alpha value is -2.05. The van der Waals surface area contributed by atoms with E-state index in [1.165, 1.54) is 0 Å². The molecule has 0 spiro atoms. The SMILES string of the molecule is COc1cccc(NC2CCN(CC(O)Cn3cccn3)CC2)c1. The van der Waals surface area contributed by atoms with Crippen molar-refractivity contribution in [1.82, 2.24) is 14.7 Å². The fourth-order valence-electron chi connectivity index (χ4n) is 3.19. The van der Waals surface area contributed by atoms with Crippen molar-refractivity contribution in [3.05, 3.63) is 42.7 Å². The van der Waals surface area contributed by atoms with E-state index in [1.807, 2.05) is 30.5 Å². The van der Waals surface area contributed by atoms with Gasteiger partial charge in [-0.15, -0.1) is 0 Å². The molecule has 1 aromatic heterocycles. The number of benzene rings is 1. The minimum absolute atomic E-state index is 0.382. The smallest absolute Gasteiger partial charge is 0.120 e. The van der Waals surface area contributed by atoms with Crippen LogP contribution in [0.1, 0.15) is 12.8 Å². The number of nitrogens with one attached hydrogen (secondary N) is 1. The van der Waals surface area contributed by atoms with Crippen molar-refractivity contribution in [2.75, 3.05) is 32.1 Å². The van der Waals surface area contributed by atoms with E-state index in [4.69, 9.17) is 4.74 Å². The van der Waals surface area contributed by atoms with Gasteiger partial charge in [0.05, 0.1) is 19.8 Å². The zero-order valence-corrected chi connectivity index (χ0v) is 14.1. The molecule has 0 bridgehead atoms. The van der Waals surface area contributed by atoms with Crippen LogP contribution in [0, 0.1) is 0 Å². The van der Waals surface area contributed by atoms with Gasteiger partial charge in [0.15, 0.2) is 0 Å². The lowest BCUT2D eigenvalue weighted by molar-refractivity contribution is 0.0838. The van der Waals surface area contributed by atoms with E-state index in [0.717, 1.165) is 37.4 Å². The molecule has 3 rings (SSSR count). The summed E-state index contributed by atoms with van der Waals surface area (Å²) in [6.07, 6.45) is 5.39. The average Bonchev–Trinajstić information content (AvgIpc) is 3.09. The fraction of sp³-hybridized carbons (Fsp3) is 0.500. The third-order valence-electron chi connectivity index (χ3n) is 4.45. The number of nitrogens with zero attached hydrogens (tertiary/aromatic N) is 3. The summed E-state index contributed by atoms with van der Waals surface area (Å²) in [6.45, 7) is 3.25. The summed E-state index contributed by atoms with van der Waals surface area (Å²) in [4.78, 5) is 2.33. The third kappa shape index (κ3) is 4.72. The summed E-state index contributed by atoms with van der Waals surface area (Å²) < 4.78 is 7.04. The van der Waals surface area contributed by atoms with Gasteiger partial charge in [0.2, 0.25) is 0 Å². The highest BCUT2D eigenvalue weighted by Crippen LogP contribution is 2.21. The molecule has 6 heteroatoms. The minimum Gasteiger partial charge on any atom is -0.497 e. The van der Waals surface area contributed by atoms with Crippen LogP contribution in [0.4, 0.5) is 5.69 Å². The molecule has 1 fully saturated rings. The molecule has 130 valence electrons. The second-order valence-corrected chi connectivity index (χ2v) is 6.33. The van der Waals surface area contributed by atoms with Gasteiger partial charge >= 0.3 is 0 Å². The standard InChI is InChI=1S/C18H26N4O2/c1-24-18-5-2-4-16(12-18)20-15-6-10-21(11-7-15)13-17(23)14-22-9-3-8-19-22/h2-5,8-9,12,15,17,20,23H,6-7,10-11,13-14H2,1H3. The highest BCUT2D eigenvalue weighted by molar-refractivity contribution is 5.48. The Morgan fingerprint density at radius 3 is 2.83 bits per heavy atom. The molecular weight excluding hydrogens is 304 g/mol. The zero-order chi connectivity index (χ0) is 16.8. The molecule has 1 atom stereocenters. The van der Waals surface area contributed by atoms with Crippen LogP contribution in [0.2, 0.25) is 0 Å². The van der Waals surface area contributed by atoms with Crippen LogP contribution < -0.4 is 10.1 Å². The summed E-state index contributed by atoms with van der Waals surface area (Å²) >= 11 is 0. The van der Waals surface area contributed by atoms with Gasteiger partial charge in [-0.25, -0.2) is 0 Å². The van der Waals surface area contributed by atoms with Crippen LogP contribution in [0.15, 0.2) is 42.7 Å². The number of likely N-dealkylation sites (tertiary alicyclic amines) is 1. The first-order valence-corrected chi connectivity index (χ1v) is 8.51. The van der Waals surface area contributed by atoms with Gasteiger partial charge in [0, 0.05) is 49.8 Å². The zero-order valence-electron chi connectivity index (χ0n) is 14.1. The van der Waals surface area contributed by atoms with Gasteiger partial charge in [0.1, 0.15) is 5.75 Å². The quantitative estimate of drug-likeness (QED) is 0.811. The maximum atomic E-state index is 10.2. The Morgan fingerprint density at radius 2 is 2.12 bits per heavy atom. The lowest BCUT2D eigenvalue weighted by Gasteiger charge is -2.34. The molecule has 1 saturated heterocycles. The van der Waals surface area contributed by atoms with E-state index in [0.29, 0.717) is 19.1 Å². The molecule has 0 saturated carbocycles. The number of methoxy groups -OCH3 is 1. The van der Waals surface area contributed by atoms with Crippen LogP contribution in [0.25, 0.3) is 0 Å². The number of hydrogen-bond acceptors (Lipinski definition) is 5. The summed E-state index contributed by atoms with van der Waals surface area (Å²) in [5.74, 6) is 0.874. The first-order chi connectivity index (χ1) is 11.7. The first-order valence-electron chi connectivity index (χ1n) is 8.51. The number of aromatic nitrogens is 2. The van der Waals surface area contributed by atoms with Gasteiger partial charge in [-0.2, -0.15) is 5.10 Å². The molecule has 2 heterocycles. The molecule has 1 aliphatic rings. The third-order valence-corrected chi connectivity index (χ3v) is 4.45. The van der Waals surface area contributed by atoms with E-state index in [9.17, 15) is 5.11 Å². The molecule has 0 amide bonds. The monoisotopic (exact) mass is 330 g/mol.